The van der Waals surface area contributed by atoms with Gasteiger partial charge < -0.3 is 10.1 Å². The van der Waals surface area contributed by atoms with Crippen LogP contribution in [0.2, 0.25) is 0 Å². The maximum Gasteiger partial charge on any atom is 0.259 e. The van der Waals surface area contributed by atoms with Crippen LogP contribution >= 0.6 is 0 Å². The molecule has 0 aromatic heterocycles. The summed E-state index contributed by atoms with van der Waals surface area (Å²) in [4.78, 5) is 26.0. The standard InChI is InChI=1S/C17H20N2O3/c1-11(15-8-5-9-22-15)18-16(20)10-19-12(2)13-6-3-4-7-14(13)17(19)21/h3-4,6-7,11,15H,2,5,8-10H2,1H3,(H,18,20). The zero-order valence-electron chi connectivity index (χ0n) is 12.7. The van der Waals surface area contributed by atoms with Gasteiger partial charge in [-0.1, -0.05) is 24.8 Å². The summed E-state index contributed by atoms with van der Waals surface area (Å²) in [6.07, 6.45) is 2.06. The van der Waals surface area contributed by atoms with E-state index < -0.39 is 0 Å². The van der Waals surface area contributed by atoms with Gasteiger partial charge in [-0.15, -0.1) is 0 Å². The van der Waals surface area contributed by atoms with Crippen LogP contribution in [0.5, 0.6) is 0 Å². The average Bonchev–Trinajstić information content (AvgIpc) is 3.12. The molecule has 1 aromatic carbocycles. The molecule has 22 heavy (non-hydrogen) atoms. The highest BCUT2D eigenvalue weighted by atomic mass is 16.5. The molecular formula is C17H20N2O3. The highest BCUT2D eigenvalue weighted by molar-refractivity contribution is 6.10. The lowest BCUT2D eigenvalue weighted by atomic mass is 10.1. The van der Waals surface area contributed by atoms with E-state index in [1.165, 1.54) is 4.90 Å². The van der Waals surface area contributed by atoms with E-state index in [1.54, 1.807) is 6.07 Å². The predicted molar refractivity (Wildman–Crippen MR) is 83.1 cm³/mol. The normalized spacial score (nSPS) is 21.9. The topological polar surface area (TPSA) is 58.6 Å². The van der Waals surface area contributed by atoms with Crippen molar-refractivity contribution in [3.8, 4) is 0 Å². The van der Waals surface area contributed by atoms with Gasteiger partial charge in [-0.3, -0.25) is 14.5 Å². The molecule has 0 spiro atoms. The Bertz CT molecular complexity index is 585. The molecule has 1 fully saturated rings. The van der Waals surface area contributed by atoms with E-state index in [2.05, 4.69) is 11.9 Å². The van der Waals surface area contributed by atoms with Crippen molar-refractivity contribution in [1.82, 2.24) is 10.2 Å². The van der Waals surface area contributed by atoms with Gasteiger partial charge in [0.25, 0.3) is 5.91 Å². The van der Waals surface area contributed by atoms with Crippen molar-refractivity contribution >= 4 is 17.5 Å². The van der Waals surface area contributed by atoms with E-state index >= 15 is 0 Å². The lowest BCUT2D eigenvalue weighted by Crippen LogP contribution is -2.45. The number of carbonyl (C=O) groups excluding carboxylic acids is 2. The molecule has 1 saturated heterocycles. The van der Waals surface area contributed by atoms with Gasteiger partial charge in [0.05, 0.1) is 12.1 Å². The number of hydrogen-bond acceptors (Lipinski definition) is 3. The average molecular weight is 300 g/mol. The molecule has 2 unspecified atom stereocenters. The minimum Gasteiger partial charge on any atom is -0.376 e. The van der Waals surface area contributed by atoms with Crippen LogP contribution < -0.4 is 5.32 Å². The fraction of sp³-hybridized carbons (Fsp3) is 0.412. The van der Waals surface area contributed by atoms with E-state index in [-0.39, 0.29) is 30.5 Å². The number of nitrogens with one attached hydrogen (secondary N) is 1. The SMILES string of the molecule is C=C1c2ccccc2C(=O)N1CC(=O)NC(C)C1CCCO1. The summed E-state index contributed by atoms with van der Waals surface area (Å²) in [7, 11) is 0. The molecule has 2 heterocycles. The molecule has 1 aromatic rings. The molecule has 116 valence electrons. The number of benzene rings is 1. The molecule has 0 bridgehead atoms. The predicted octanol–water partition coefficient (Wildman–Crippen LogP) is 1.80. The number of carbonyl (C=O) groups is 2. The largest absolute Gasteiger partial charge is 0.376 e. The van der Waals surface area contributed by atoms with Gasteiger partial charge in [-0.2, -0.15) is 0 Å². The minimum absolute atomic E-state index is 0.0105. The van der Waals surface area contributed by atoms with Crippen molar-refractivity contribution in [3.05, 3.63) is 42.0 Å². The third kappa shape index (κ3) is 2.64. The first-order valence-corrected chi connectivity index (χ1v) is 7.59. The van der Waals surface area contributed by atoms with Gasteiger partial charge in [0.15, 0.2) is 0 Å². The molecule has 1 N–H and O–H groups in total. The van der Waals surface area contributed by atoms with Gasteiger partial charge in [0, 0.05) is 23.4 Å². The van der Waals surface area contributed by atoms with Crippen LogP contribution in [0.3, 0.4) is 0 Å². The Morgan fingerprint density at radius 3 is 2.82 bits per heavy atom. The van der Waals surface area contributed by atoms with Crippen LogP contribution in [0.1, 0.15) is 35.7 Å². The molecule has 2 amide bonds. The van der Waals surface area contributed by atoms with Crippen molar-refractivity contribution in [2.45, 2.75) is 31.9 Å². The summed E-state index contributed by atoms with van der Waals surface area (Å²) in [6.45, 7) is 6.61. The van der Waals surface area contributed by atoms with Crippen LogP contribution in [0, 0.1) is 0 Å². The van der Waals surface area contributed by atoms with E-state index in [0.717, 1.165) is 25.0 Å². The summed E-state index contributed by atoms with van der Waals surface area (Å²) in [5.74, 6) is -0.356. The van der Waals surface area contributed by atoms with Crippen LogP contribution in [-0.2, 0) is 9.53 Å². The number of hydrogen-bond donors (Lipinski definition) is 1. The highest BCUT2D eigenvalue weighted by Gasteiger charge is 2.32. The summed E-state index contributed by atoms with van der Waals surface area (Å²) in [5.41, 5.74) is 1.99. The first-order valence-electron chi connectivity index (χ1n) is 7.59. The van der Waals surface area contributed by atoms with Crippen LogP contribution in [0.4, 0.5) is 0 Å². The van der Waals surface area contributed by atoms with Crippen molar-refractivity contribution in [3.63, 3.8) is 0 Å². The number of ether oxygens (including phenoxy) is 1. The smallest absolute Gasteiger partial charge is 0.259 e. The highest BCUT2D eigenvalue weighted by Crippen LogP contribution is 2.30. The van der Waals surface area contributed by atoms with Gasteiger partial charge in [-0.05, 0) is 25.8 Å². The quantitative estimate of drug-likeness (QED) is 0.922. The Labute approximate surface area is 129 Å². The Kier molecular flexibility index (Phi) is 3.98. The van der Waals surface area contributed by atoms with Crippen LogP contribution in [-0.4, -0.2) is 42.0 Å². The summed E-state index contributed by atoms with van der Waals surface area (Å²) < 4.78 is 5.57. The molecule has 3 rings (SSSR count). The van der Waals surface area contributed by atoms with E-state index in [4.69, 9.17) is 4.74 Å². The zero-order chi connectivity index (χ0) is 15.7. The molecule has 5 nitrogen and oxygen atoms in total. The molecule has 5 heteroatoms. The first-order chi connectivity index (χ1) is 10.6. The van der Waals surface area contributed by atoms with Gasteiger partial charge in [-0.25, -0.2) is 0 Å². The summed E-state index contributed by atoms with van der Waals surface area (Å²) >= 11 is 0. The maximum atomic E-state index is 12.3. The monoisotopic (exact) mass is 300 g/mol. The molecule has 2 aliphatic rings. The van der Waals surface area contributed by atoms with E-state index in [9.17, 15) is 9.59 Å². The third-order valence-electron chi connectivity index (χ3n) is 4.25. The molecule has 0 radical (unpaired) electrons. The number of nitrogens with zero attached hydrogens (tertiary/aromatic N) is 1. The lowest BCUT2D eigenvalue weighted by Gasteiger charge is -2.22. The zero-order valence-corrected chi connectivity index (χ0v) is 12.7. The maximum absolute atomic E-state index is 12.3. The van der Waals surface area contributed by atoms with E-state index in [0.29, 0.717) is 11.3 Å². The Morgan fingerprint density at radius 2 is 2.18 bits per heavy atom. The Morgan fingerprint density at radius 1 is 1.45 bits per heavy atom. The van der Waals surface area contributed by atoms with Crippen molar-refractivity contribution < 1.29 is 14.3 Å². The molecule has 2 atom stereocenters. The van der Waals surface area contributed by atoms with Gasteiger partial charge in [0.1, 0.15) is 6.54 Å². The Hall–Kier alpha value is -2.14. The number of fused-ring (bicyclic) bond motifs is 1. The van der Waals surface area contributed by atoms with Crippen molar-refractivity contribution in [2.75, 3.05) is 13.2 Å². The molecular weight excluding hydrogens is 280 g/mol. The van der Waals surface area contributed by atoms with E-state index in [1.807, 2.05) is 25.1 Å². The number of rotatable bonds is 4. The van der Waals surface area contributed by atoms with Crippen LogP contribution in [0.15, 0.2) is 30.8 Å². The molecule has 0 aliphatic carbocycles. The Balaban J connectivity index is 1.63. The second kappa shape index (κ2) is 5.93. The fourth-order valence-electron chi connectivity index (χ4n) is 3.03. The third-order valence-corrected chi connectivity index (χ3v) is 4.25. The molecule has 0 saturated carbocycles. The van der Waals surface area contributed by atoms with Crippen LogP contribution in [0.25, 0.3) is 5.70 Å². The second-order valence-electron chi connectivity index (χ2n) is 5.79. The second-order valence-corrected chi connectivity index (χ2v) is 5.79. The first kappa shape index (κ1) is 14.8. The summed E-state index contributed by atoms with van der Waals surface area (Å²) in [6, 6.07) is 7.23. The minimum atomic E-state index is -0.190. The fourth-order valence-corrected chi connectivity index (χ4v) is 3.03. The van der Waals surface area contributed by atoms with Crippen molar-refractivity contribution in [2.24, 2.45) is 0 Å². The van der Waals surface area contributed by atoms with Gasteiger partial charge in [0.2, 0.25) is 5.91 Å². The lowest BCUT2D eigenvalue weighted by molar-refractivity contribution is -0.122. The number of amides is 2. The van der Waals surface area contributed by atoms with Gasteiger partial charge >= 0.3 is 0 Å². The summed E-state index contributed by atoms with van der Waals surface area (Å²) in [5, 5.41) is 2.92. The van der Waals surface area contributed by atoms with Crippen molar-refractivity contribution in [1.29, 1.82) is 0 Å². The molecule has 2 aliphatic heterocycles.